The number of allylic oxidation sites excluding steroid dienone is 4. The standard InChI is InChI=1S/C30H48O2/c1-20(19-31)9-8-10-21(2)22-13-17-30(7)24-11-12-25-27(3,4)26(32)15-16-28(25,5)23(24)14-18-29(22,30)6/h9,19,21-22,25-26,32H,8,10-18H2,1-7H3/b20-9-/t21-,22-,25-,26+,28+,29-,30+/m0/s1. The predicted molar refractivity (Wildman–Crippen MR) is 133 cm³/mol. The third-order valence-corrected chi connectivity index (χ3v) is 11.8. The van der Waals surface area contributed by atoms with Crippen molar-refractivity contribution in [1.82, 2.24) is 0 Å². The number of aliphatic hydroxyl groups excluding tert-OH is 1. The molecule has 2 saturated carbocycles. The maximum absolute atomic E-state index is 10.9. The minimum absolute atomic E-state index is 0.0209. The number of aldehydes is 1. The van der Waals surface area contributed by atoms with E-state index in [4.69, 9.17) is 0 Å². The largest absolute Gasteiger partial charge is 0.393 e. The first-order chi connectivity index (χ1) is 14.9. The molecule has 2 nitrogen and oxygen atoms in total. The summed E-state index contributed by atoms with van der Waals surface area (Å²) in [6.45, 7) is 16.9. The van der Waals surface area contributed by atoms with Gasteiger partial charge in [-0.25, -0.2) is 0 Å². The minimum Gasteiger partial charge on any atom is -0.393 e. The molecule has 180 valence electrons. The van der Waals surface area contributed by atoms with Crippen molar-refractivity contribution in [2.75, 3.05) is 0 Å². The van der Waals surface area contributed by atoms with Crippen LogP contribution in [0.2, 0.25) is 0 Å². The van der Waals surface area contributed by atoms with Gasteiger partial charge in [-0.2, -0.15) is 0 Å². The van der Waals surface area contributed by atoms with Gasteiger partial charge in [0.2, 0.25) is 0 Å². The van der Waals surface area contributed by atoms with Gasteiger partial charge in [-0.15, -0.1) is 0 Å². The summed E-state index contributed by atoms with van der Waals surface area (Å²) in [5.74, 6) is 2.09. The van der Waals surface area contributed by atoms with Crippen LogP contribution in [0.3, 0.4) is 0 Å². The van der Waals surface area contributed by atoms with E-state index in [1.54, 1.807) is 0 Å². The average molecular weight is 441 g/mol. The molecule has 1 N–H and O–H groups in total. The van der Waals surface area contributed by atoms with Crippen LogP contribution in [0.1, 0.15) is 113 Å². The van der Waals surface area contributed by atoms with Gasteiger partial charge in [0.15, 0.2) is 0 Å². The van der Waals surface area contributed by atoms with Crippen molar-refractivity contribution in [2.45, 2.75) is 119 Å². The van der Waals surface area contributed by atoms with E-state index >= 15 is 0 Å². The van der Waals surface area contributed by atoms with Gasteiger partial charge in [0.1, 0.15) is 6.29 Å². The Hall–Kier alpha value is -0.890. The second kappa shape index (κ2) is 8.10. The van der Waals surface area contributed by atoms with Crippen LogP contribution in [-0.2, 0) is 4.79 Å². The Morgan fingerprint density at radius 3 is 2.44 bits per heavy atom. The molecule has 4 aliphatic rings. The van der Waals surface area contributed by atoms with Crippen LogP contribution >= 0.6 is 0 Å². The fourth-order valence-electron chi connectivity index (χ4n) is 9.45. The quantitative estimate of drug-likeness (QED) is 0.271. The fourth-order valence-corrected chi connectivity index (χ4v) is 9.45. The van der Waals surface area contributed by atoms with Crippen LogP contribution < -0.4 is 0 Å². The van der Waals surface area contributed by atoms with Crippen LogP contribution in [-0.4, -0.2) is 17.5 Å². The summed E-state index contributed by atoms with van der Waals surface area (Å²) < 4.78 is 0. The summed E-state index contributed by atoms with van der Waals surface area (Å²) in [4.78, 5) is 10.9. The molecule has 0 radical (unpaired) electrons. The van der Waals surface area contributed by atoms with Gasteiger partial charge >= 0.3 is 0 Å². The molecule has 0 bridgehead atoms. The van der Waals surface area contributed by atoms with Gasteiger partial charge in [-0.1, -0.05) is 58.8 Å². The summed E-state index contributed by atoms with van der Waals surface area (Å²) >= 11 is 0. The fraction of sp³-hybridized carbons (Fsp3) is 0.833. The van der Waals surface area contributed by atoms with E-state index in [0.717, 1.165) is 37.0 Å². The molecule has 0 aromatic rings. The maximum Gasteiger partial charge on any atom is 0.145 e. The molecule has 4 aliphatic carbocycles. The SMILES string of the molecule is C/C(C=O)=C/CC[C@H](C)[C@@H]1CC[C@]2(C)C3=C(CC[C@@]12C)[C@@]1(C)CC[C@@H](O)C(C)(C)[C@@H]1CC3. The number of hydrogen-bond donors (Lipinski definition) is 1. The Bertz CT molecular complexity index is 819. The maximum atomic E-state index is 10.9. The zero-order chi connectivity index (χ0) is 23.5. The van der Waals surface area contributed by atoms with Gasteiger partial charge < -0.3 is 5.11 Å². The van der Waals surface area contributed by atoms with E-state index in [2.05, 4.69) is 47.6 Å². The summed E-state index contributed by atoms with van der Waals surface area (Å²) in [7, 11) is 0. The topological polar surface area (TPSA) is 37.3 Å². The number of fused-ring (bicyclic) bond motifs is 4. The molecule has 0 aromatic carbocycles. The number of carbonyl (C=O) groups is 1. The van der Waals surface area contributed by atoms with E-state index in [9.17, 15) is 9.90 Å². The lowest BCUT2D eigenvalue weighted by atomic mass is 9.43. The van der Waals surface area contributed by atoms with E-state index in [0.29, 0.717) is 22.7 Å². The monoisotopic (exact) mass is 440 g/mol. The molecule has 0 heterocycles. The van der Waals surface area contributed by atoms with E-state index < -0.39 is 0 Å². The second-order valence-corrected chi connectivity index (χ2v) is 13.4. The average Bonchev–Trinajstić information content (AvgIpc) is 3.02. The number of hydrogen-bond acceptors (Lipinski definition) is 2. The van der Waals surface area contributed by atoms with Gasteiger partial charge in [-0.05, 0) is 116 Å². The molecule has 2 heteroatoms. The molecular formula is C30H48O2. The smallest absolute Gasteiger partial charge is 0.145 e. The Labute approximate surface area is 197 Å². The summed E-state index contributed by atoms with van der Waals surface area (Å²) in [6, 6.07) is 0. The normalized spacial score (nSPS) is 44.5. The van der Waals surface area contributed by atoms with E-state index in [1.807, 2.05) is 18.1 Å². The third kappa shape index (κ3) is 3.33. The van der Waals surface area contributed by atoms with Crippen LogP contribution in [0, 0.1) is 39.4 Å². The van der Waals surface area contributed by atoms with Crippen LogP contribution in [0.15, 0.2) is 22.8 Å². The first-order valence-electron chi connectivity index (χ1n) is 13.4. The molecule has 0 unspecified atom stereocenters. The van der Waals surface area contributed by atoms with Crippen molar-refractivity contribution in [2.24, 2.45) is 39.4 Å². The summed E-state index contributed by atoms with van der Waals surface area (Å²) in [5.41, 5.74) is 5.55. The highest BCUT2D eigenvalue weighted by molar-refractivity contribution is 5.71. The third-order valence-electron chi connectivity index (χ3n) is 11.8. The molecule has 7 atom stereocenters. The molecule has 32 heavy (non-hydrogen) atoms. The van der Waals surface area contributed by atoms with E-state index in [1.165, 1.54) is 44.9 Å². The number of carbonyl (C=O) groups excluding carboxylic acids is 1. The first-order valence-corrected chi connectivity index (χ1v) is 13.4. The molecule has 0 spiro atoms. The molecule has 2 fully saturated rings. The lowest BCUT2D eigenvalue weighted by Crippen LogP contribution is -2.55. The van der Waals surface area contributed by atoms with Gasteiger partial charge in [-0.3, -0.25) is 4.79 Å². The zero-order valence-corrected chi connectivity index (χ0v) is 21.9. The van der Waals surface area contributed by atoms with Crippen molar-refractivity contribution < 1.29 is 9.90 Å². The Morgan fingerprint density at radius 2 is 1.75 bits per heavy atom. The van der Waals surface area contributed by atoms with Crippen molar-refractivity contribution in [3.63, 3.8) is 0 Å². The highest BCUT2D eigenvalue weighted by Crippen LogP contribution is 2.72. The molecular weight excluding hydrogens is 392 g/mol. The van der Waals surface area contributed by atoms with Gasteiger partial charge in [0, 0.05) is 0 Å². The number of rotatable bonds is 5. The molecule has 0 amide bonds. The molecule has 0 aromatic heterocycles. The van der Waals surface area contributed by atoms with E-state index in [-0.39, 0.29) is 16.9 Å². The van der Waals surface area contributed by atoms with Crippen molar-refractivity contribution in [1.29, 1.82) is 0 Å². The van der Waals surface area contributed by atoms with Crippen LogP contribution in [0.5, 0.6) is 0 Å². The van der Waals surface area contributed by atoms with Gasteiger partial charge in [0.05, 0.1) is 6.10 Å². The highest BCUT2D eigenvalue weighted by Gasteiger charge is 2.63. The minimum atomic E-state index is -0.152. The van der Waals surface area contributed by atoms with Crippen molar-refractivity contribution in [3.8, 4) is 0 Å². The second-order valence-electron chi connectivity index (χ2n) is 13.4. The summed E-state index contributed by atoms with van der Waals surface area (Å²) in [6.07, 6.45) is 15.1. The Morgan fingerprint density at radius 1 is 1.03 bits per heavy atom. The molecule has 0 aliphatic heterocycles. The van der Waals surface area contributed by atoms with Crippen molar-refractivity contribution >= 4 is 6.29 Å². The molecule has 4 rings (SSSR count). The lowest BCUT2D eigenvalue weighted by Gasteiger charge is -2.62. The lowest BCUT2D eigenvalue weighted by molar-refractivity contribution is -0.104. The van der Waals surface area contributed by atoms with Gasteiger partial charge in [0.25, 0.3) is 0 Å². The zero-order valence-electron chi connectivity index (χ0n) is 21.9. The number of aliphatic hydroxyl groups is 1. The summed E-state index contributed by atoms with van der Waals surface area (Å²) in [5, 5.41) is 10.8. The van der Waals surface area contributed by atoms with Crippen molar-refractivity contribution in [3.05, 3.63) is 22.8 Å². The highest BCUT2D eigenvalue weighted by atomic mass is 16.3. The predicted octanol–water partition coefficient (Wildman–Crippen LogP) is 7.66. The molecule has 0 saturated heterocycles. The van der Waals surface area contributed by atoms with Crippen LogP contribution in [0.25, 0.3) is 0 Å². The Balaban J connectivity index is 1.62. The first kappa shape index (κ1) is 24.2. The Kier molecular flexibility index (Phi) is 6.14. The van der Waals surface area contributed by atoms with Crippen LogP contribution in [0.4, 0.5) is 0 Å².